The first kappa shape index (κ1) is 6.74. The SMILES string of the molecule is O[C@@H]1CC[C@@H]2C=CC[C@H]1S2. The highest BCUT2D eigenvalue weighted by Crippen LogP contribution is 2.37. The first-order chi connectivity index (χ1) is 4.86. The van der Waals surface area contributed by atoms with Crippen molar-refractivity contribution < 1.29 is 5.11 Å². The summed E-state index contributed by atoms with van der Waals surface area (Å²) in [5, 5.41) is 10.7. The fraction of sp³-hybridized carbons (Fsp3) is 0.750. The third kappa shape index (κ3) is 1.10. The van der Waals surface area contributed by atoms with Gasteiger partial charge in [-0.15, -0.1) is 11.8 Å². The number of allylic oxidation sites excluding steroid dienone is 1. The van der Waals surface area contributed by atoms with E-state index in [0.29, 0.717) is 10.5 Å². The van der Waals surface area contributed by atoms with E-state index in [1.165, 1.54) is 6.42 Å². The number of aliphatic hydroxyl groups excluding tert-OH is 1. The van der Waals surface area contributed by atoms with Gasteiger partial charge >= 0.3 is 0 Å². The van der Waals surface area contributed by atoms with E-state index in [4.69, 9.17) is 0 Å². The average Bonchev–Trinajstić information content (AvgIpc) is 1.99. The molecule has 0 aliphatic carbocycles. The fourth-order valence-electron chi connectivity index (χ4n) is 1.62. The fourth-order valence-corrected chi connectivity index (χ4v) is 3.09. The molecule has 2 rings (SSSR count). The summed E-state index contributed by atoms with van der Waals surface area (Å²) in [4.78, 5) is 0. The molecule has 10 heavy (non-hydrogen) atoms. The molecule has 2 heterocycles. The van der Waals surface area contributed by atoms with E-state index >= 15 is 0 Å². The van der Waals surface area contributed by atoms with E-state index < -0.39 is 0 Å². The Hall–Kier alpha value is 0.0500. The molecule has 0 amide bonds. The van der Waals surface area contributed by atoms with Crippen molar-refractivity contribution in [3.63, 3.8) is 0 Å². The summed E-state index contributed by atoms with van der Waals surface area (Å²) in [6.45, 7) is 0. The lowest BCUT2D eigenvalue weighted by Gasteiger charge is -2.33. The van der Waals surface area contributed by atoms with Gasteiger partial charge in [0.1, 0.15) is 0 Å². The van der Waals surface area contributed by atoms with E-state index in [9.17, 15) is 5.11 Å². The Kier molecular flexibility index (Phi) is 1.75. The van der Waals surface area contributed by atoms with E-state index in [2.05, 4.69) is 12.2 Å². The zero-order valence-corrected chi connectivity index (χ0v) is 6.68. The van der Waals surface area contributed by atoms with E-state index in [1.54, 1.807) is 0 Å². The van der Waals surface area contributed by atoms with Gasteiger partial charge in [0.05, 0.1) is 6.10 Å². The van der Waals surface area contributed by atoms with Crippen LogP contribution in [0.5, 0.6) is 0 Å². The van der Waals surface area contributed by atoms with Gasteiger partial charge in [0.25, 0.3) is 0 Å². The third-order valence-corrected chi connectivity index (χ3v) is 3.84. The Morgan fingerprint density at radius 2 is 2.30 bits per heavy atom. The number of rotatable bonds is 0. The van der Waals surface area contributed by atoms with Crippen LogP contribution in [-0.4, -0.2) is 21.7 Å². The molecule has 0 aromatic carbocycles. The summed E-state index contributed by atoms with van der Waals surface area (Å²) in [6, 6.07) is 0. The minimum atomic E-state index is -0.0359. The van der Waals surface area contributed by atoms with Crippen LogP contribution in [0.3, 0.4) is 0 Å². The first-order valence-electron chi connectivity index (χ1n) is 3.86. The van der Waals surface area contributed by atoms with Crippen LogP contribution in [0.2, 0.25) is 0 Å². The van der Waals surface area contributed by atoms with Crippen molar-refractivity contribution in [2.75, 3.05) is 0 Å². The number of aliphatic hydroxyl groups is 1. The molecule has 3 atom stereocenters. The van der Waals surface area contributed by atoms with Crippen molar-refractivity contribution in [2.24, 2.45) is 0 Å². The molecule has 1 N–H and O–H groups in total. The quantitative estimate of drug-likeness (QED) is 0.537. The summed E-state index contributed by atoms with van der Waals surface area (Å²) in [5.74, 6) is 0. The summed E-state index contributed by atoms with van der Waals surface area (Å²) in [6.07, 6.45) is 7.71. The van der Waals surface area contributed by atoms with Crippen molar-refractivity contribution in [3.05, 3.63) is 12.2 Å². The minimum Gasteiger partial charge on any atom is -0.392 e. The lowest BCUT2D eigenvalue weighted by Crippen LogP contribution is -2.32. The molecule has 1 fully saturated rings. The molecule has 0 radical (unpaired) electrons. The molecule has 0 spiro atoms. The molecule has 0 aromatic heterocycles. The Morgan fingerprint density at radius 1 is 1.40 bits per heavy atom. The van der Waals surface area contributed by atoms with Crippen molar-refractivity contribution in [2.45, 2.75) is 35.9 Å². The standard InChI is InChI=1S/C8H12OS/c9-7-5-4-6-2-1-3-8(7)10-6/h1-2,6-9H,3-5H2/t6-,7+,8+/m0/s1. The first-order valence-corrected chi connectivity index (χ1v) is 4.81. The molecule has 0 aromatic rings. The highest BCUT2D eigenvalue weighted by molar-refractivity contribution is 8.00. The molecular formula is C8H12OS. The van der Waals surface area contributed by atoms with Crippen LogP contribution in [0.25, 0.3) is 0 Å². The van der Waals surface area contributed by atoms with Crippen LogP contribution in [-0.2, 0) is 0 Å². The largest absolute Gasteiger partial charge is 0.392 e. The van der Waals surface area contributed by atoms with Crippen LogP contribution in [0, 0.1) is 0 Å². The maximum Gasteiger partial charge on any atom is 0.0662 e. The predicted molar refractivity (Wildman–Crippen MR) is 44.2 cm³/mol. The Morgan fingerprint density at radius 3 is 3.10 bits per heavy atom. The topological polar surface area (TPSA) is 20.2 Å². The molecule has 2 aliphatic heterocycles. The molecule has 1 saturated heterocycles. The Balaban J connectivity index is 2.11. The number of thioether (sulfide) groups is 1. The Labute approximate surface area is 65.5 Å². The second-order valence-electron chi connectivity index (χ2n) is 3.02. The van der Waals surface area contributed by atoms with Gasteiger partial charge in [-0.2, -0.15) is 0 Å². The van der Waals surface area contributed by atoms with E-state index in [1.807, 2.05) is 11.8 Å². The van der Waals surface area contributed by atoms with Crippen LogP contribution in [0.15, 0.2) is 12.2 Å². The van der Waals surface area contributed by atoms with Gasteiger partial charge in [-0.3, -0.25) is 0 Å². The lowest BCUT2D eigenvalue weighted by molar-refractivity contribution is 0.153. The molecule has 2 bridgehead atoms. The van der Waals surface area contributed by atoms with Crippen molar-refractivity contribution >= 4 is 11.8 Å². The molecule has 0 saturated carbocycles. The molecule has 2 heteroatoms. The number of fused-ring (bicyclic) bond motifs is 2. The summed E-state index contributed by atoms with van der Waals surface area (Å²) >= 11 is 1.94. The second-order valence-corrected chi connectivity index (χ2v) is 4.50. The average molecular weight is 156 g/mol. The predicted octanol–water partition coefficient (Wildman–Crippen LogP) is 1.57. The summed E-state index contributed by atoms with van der Waals surface area (Å²) < 4.78 is 0. The summed E-state index contributed by atoms with van der Waals surface area (Å²) in [5.41, 5.74) is 0. The van der Waals surface area contributed by atoms with Crippen molar-refractivity contribution in [1.29, 1.82) is 0 Å². The molecule has 0 unspecified atom stereocenters. The normalized spacial score (nSPS) is 45.5. The molecule has 1 nitrogen and oxygen atoms in total. The zero-order valence-electron chi connectivity index (χ0n) is 5.86. The van der Waals surface area contributed by atoms with E-state index in [-0.39, 0.29) is 6.10 Å². The minimum absolute atomic E-state index is 0.0359. The van der Waals surface area contributed by atoms with Gasteiger partial charge in [0.2, 0.25) is 0 Å². The lowest BCUT2D eigenvalue weighted by atomic mass is 10.0. The van der Waals surface area contributed by atoms with Gasteiger partial charge in [0, 0.05) is 10.5 Å². The molecular weight excluding hydrogens is 144 g/mol. The Bertz CT molecular complexity index is 155. The third-order valence-electron chi connectivity index (χ3n) is 2.24. The van der Waals surface area contributed by atoms with Gasteiger partial charge in [-0.1, -0.05) is 12.2 Å². The van der Waals surface area contributed by atoms with Gasteiger partial charge in [0.15, 0.2) is 0 Å². The van der Waals surface area contributed by atoms with Gasteiger partial charge < -0.3 is 5.11 Å². The summed E-state index contributed by atoms with van der Waals surface area (Å²) in [7, 11) is 0. The molecule has 2 aliphatic rings. The van der Waals surface area contributed by atoms with Crippen LogP contribution >= 0.6 is 11.8 Å². The molecule has 56 valence electrons. The zero-order chi connectivity index (χ0) is 6.97. The second kappa shape index (κ2) is 2.59. The van der Waals surface area contributed by atoms with E-state index in [0.717, 1.165) is 12.8 Å². The van der Waals surface area contributed by atoms with Crippen LogP contribution in [0.4, 0.5) is 0 Å². The maximum absolute atomic E-state index is 9.47. The van der Waals surface area contributed by atoms with Crippen molar-refractivity contribution in [3.8, 4) is 0 Å². The smallest absolute Gasteiger partial charge is 0.0662 e. The van der Waals surface area contributed by atoms with Crippen LogP contribution in [0.1, 0.15) is 19.3 Å². The number of hydrogen-bond acceptors (Lipinski definition) is 2. The highest BCUT2D eigenvalue weighted by atomic mass is 32.2. The monoisotopic (exact) mass is 156 g/mol. The van der Waals surface area contributed by atoms with Gasteiger partial charge in [-0.25, -0.2) is 0 Å². The van der Waals surface area contributed by atoms with Crippen molar-refractivity contribution in [1.82, 2.24) is 0 Å². The maximum atomic E-state index is 9.47. The number of hydrogen-bond donors (Lipinski definition) is 1. The van der Waals surface area contributed by atoms with Crippen LogP contribution < -0.4 is 0 Å². The highest BCUT2D eigenvalue weighted by Gasteiger charge is 2.29. The van der Waals surface area contributed by atoms with Gasteiger partial charge in [-0.05, 0) is 19.3 Å².